The zero-order valence-corrected chi connectivity index (χ0v) is 13.1. The Hall–Kier alpha value is -1.88. The summed E-state index contributed by atoms with van der Waals surface area (Å²) < 4.78 is 0. The molecule has 0 aliphatic rings. The summed E-state index contributed by atoms with van der Waals surface area (Å²) in [5.41, 5.74) is 1.22. The van der Waals surface area contributed by atoms with Crippen molar-refractivity contribution in [1.29, 1.82) is 0 Å². The van der Waals surface area contributed by atoms with Crippen LogP contribution in [0, 0.1) is 0 Å². The number of hydrogen-bond acceptors (Lipinski definition) is 4. The van der Waals surface area contributed by atoms with Gasteiger partial charge in [0.1, 0.15) is 5.75 Å². The fraction of sp³-hybridized carbons (Fsp3) is 0.500. The first-order chi connectivity index (χ1) is 9.83. The van der Waals surface area contributed by atoms with Gasteiger partial charge >= 0.3 is 0 Å². The van der Waals surface area contributed by atoms with E-state index >= 15 is 0 Å². The quantitative estimate of drug-likeness (QED) is 0.754. The van der Waals surface area contributed by atoms with Gasteiger partial charge in [0.05, 0.1) is 6.54 Å². The molecule has 1 rings (SSSR count). The van der Waals surface area contributed by atoms with Crippen molar-refractivity contribution in [1.82, 2.24) is 10.2 Å². The Labute approximate surface area is 126 Å². The largest absolute Gasteiger partial charge is 0.508 e. The topological polar surface area (TPSA) is 69.6 Å². The number of rotatable bonds is 7. The van der Waals surface area contributed by atoms with Crippen molar-refractivity contribution in [3.8, 4) is 5.75 Å². The molecule has 0 atom stereocenters. The highest BCUT2D eigenvalue weighted by atomic mass is 16.3. The molecule has 116 valence electrons. The second-order valence-corrected chi connectivity index (χ2v) is 5.43. The highest BCUT2D eigenvalue weighted by Crippen LogP contribution is 2.20. The molecule has 0 heterocycles. The molecule has 0 saturated carbocycles. The molecule has 0 radical (unpaired) electrons. The summed E-state index contributed by atoms with van der Waals surface area (Å²) in [5, 5.41) is 12.7. The molecule has 0 aromatic heterocycles. The standard InChI is InChI=1S/C16H24N2O3/c1-5-18(10-16(21)17-11(2)3)9-14-8-13(12(4)19)6-7-15(14)20/h6-8,11,20H,5,9-10H2,1-4H3,(H,17,21). The first kappa shape index (κ1) is 17.2. The fourth-order valence-corrected chi connectivity index (χ4v) is 2.02. The zero-order valence-electron chi connectivity index (χ0n) is 13.1. The van der Waals surface area contributed by atoms with Crippen LogP contribution in [0.1, 0.15) is 43.6 Å². The van der Waals surface area contributed by atoms with Gasteiger partial charge in [-0.3, -0.25) is 14.5 Å². The lowest BCUT2D eigenvalue weighted by atomic mass is 10.1. The predicted octanol–water partition coefficient (Wildman–Crippen LogP) is 1.94. The molecule has 0 spiro atoms. The van der Waals surface area contributed by atoms with Crippen LogP contribution in [0.15, 0.2) is 18.2 Å². The summed E-state index contributed by atoms with van der Waals surface area (Å²) in [6.07, 6.45) is 0. The number of hydrogen-bond donors (Lipinski definition) is 2. The van der Waals surface area contributed by atoms with E-state index in [1.54, 1.807) is 12.1 Å². The van der Waals surface area contributed by atoms with Crippen molar-refractivity contribution >= 4 is 11.7 Å². The number of carbonyl (C=O) groups excluding carboxylic acids is 2. The molecule has 1 amide bonds. The third-order valence-electron chi connectivity index (χ3n) is 3.14. The van der Waals surface area contributed by atoms with Gasteiger partial charge in [0.2, 0.25) is 5.91 Å². The molecular formula is C16H24N2O3. The van der Waals surface area contributed by atoms with Crippen LogP contribution >= 0.6 is 0 Å². The number of nitrogens with zero attached hydrogens (tertiary/aromatic N) is 1. The van der Waals surface area contributed by atoms with E-state index in [0.29, 0.717) is 24.2 Å². The Kier molecular flexibility index (Phi) is 6.37. The number of phenols is 1. The lowest BCUT2D eigenvalue weighted by molar-refractivity contribution is -0.122. The van der Waals surface area contributed by atoms with Crippen LogP contribution in [0.5, 0.6) is 5.75 Å². The van der Waals surface area contributed by atoms with Crippen LogP contribution in [0.3, 0.4) is 0 Å². The molecule has 0 fully saturated rings. The van der Waals surface area contributed by atoms with E-state index in [4.69, 9.17) is 0 Å². The van der Waals surface area contributed by atoms with Gasteiger partial charge in [-0.2, -0.15) is 0 Å². The Balaban J connectivity index is 2.79. The number of carbonyl (C=O) groups is 2. The SMILES string of the molecule is CCN(CC(=O)NC(C)C)Cc1cc(C(C)=O)ccc1O. The number of aromatic hydroxyl groups is 1. The molecular weight excluding hydrogens is 268 g/mol. The van der Waals surface area contributed by atoms with E-state index < -0.39 is 0 Å². The van der Waals surface area contributed by atoms with Crippen LogP contribution in [-0.2, 0) is 11.3 Å². The average Bonchev–Trinajstić information content (AvgIpc) is 2.38. The van der Waals surface area contributed by atoms with Gasteiger partial charge in [-0.05, 0) is 45.5 Å². The van der Waals surface area contributed by atoms with Crippen LogP contribution < -0.4 is 5.32 Å². The van der Waals surface area contributed by atoms with Gasteiger partial charge < -0.3 is 10.4 Å². The van der Waals surface area contributed by atoms with Gasteiger partial charge in [-0.1, -0.05) is 6.92 Å². The number of amides is 1. The number of Topliss-reactive ketones (excluding diaryl/α,β-unsaturated/α-hetero) is 1. The van der Waals surface area contributed by atoms with Crippen molar-refractivity contribution in [2.75, 3.05) is 13.1 Å². The van der Waals surface area contributed by atoms with Crippen LogP contribution in [0.2, 0.25) is 0 Å². The first-order valence-electron chi connectivity index (χ1n) is 7.18. The molecule has 0 unspecified atom stereocenters. The number of phenolic OH excluding ortho intramolecular Hbond substituents is 1. The molecule has 2 N–H and O–H groups in total. The Bertz CT molecular complexity index is 512. The minimum Gasteiger partial charge on any atom is -0.508 e. The fourth-order valence-electron chi connectivity index (χ4n) is 2.02. The smallest absolute Gasteiger partial charge is 0.234 e. The van der Waals surface area contributed by atoms with Crippen LogP contribution in [0.4, 0.5) is 0 Å². The molecule has 5 nitrogen and oxygen atoms in total. The molecule has 1 aromatic rings. The maximum atomic E-state index is 11.8. The lowest BCUT2D eigenvalue weighted by Gasteiger charge is -2.21. The molecule has 0 aliphatic heterocycles. The van der Waals surface area contributed by atoms with Crippen molar-refractivity contribution in [3.05, 3.63) is 29.3 Å². The van der Waals surface area contributed by atoms with E-state index in [0.717, 1.165) is 0 Å². The van der Waals surface area contributed by atoms with Crippen molar-refractivity contribution < 1.29 is 14.7 Å². The summed E-state index contributed by atoms with van der Waals surface area (Å²) in [7, 11) is 0. The van der Waals surface area contributed by atoms with E-state index in [1.807, 2.05) is 25.7 Å². The summed E-state index contributed by atoms with van der Waals surface area (Å²) in [4.78, 5) is 25.1. The van der Waals surface area contributed by atoms with E-state index in [1.165, 1.54) is 13.0 Å². The van der Waals surface area contributed by atoms with Gasteiger partial charge in [-0.15, -0.1) is 0 Å². The predicted molar refractivity (Wildman–Crippen MR) is 82.3 cm³/mol. The number of nitrogens with one attached hydrogen (secondary N) is 1. The lowest BCUT2D eigenvalue weighted by Crippen LogP contribution is -2.39. The molecule has 0 bridgehead atoms. The number of benzene rings is 1. The summed E-state index contributed by atoms with van der Waals surface area (Å²) >= 11 is 0. The molecule has 5 heteroatoms. The van der Waals surface area contributed by atoms with E-state index in [9.17, 15) is 14.7 Å². The summed E-state index contributed by atoms with van der Waals surface area (Å²) in [5.74, 6) is 0.0497. The normalized spacial score (nSPS) is 11.0. The van der Waals surface area contributed by atoms with Gasteiger partial charge in [0.25, 0.3) is 0 Å². The van der Waals surface area contributed by atoms with Crippen molar-refractivity contribution in [2.24, 2.45) is 0 Å². The van der Waals surface area contributed by atoms with Crippen molar-refractivity contribution in [3.63, 3.8) is 0 Å². The number of likely N-dealkylation sites (N-methyl/N-ethyl adjacent to an activating group) is 1. The highest BCUT2D eigenvalue weighted by Gasteiger charge is 2.13. The highest BCUT2D eigenvalue weighted by molar-refractivity contribution is 5.94. The zero-order chi connectivity index (χ0) is 16.0. The minimum atomic E-state index is -0.0472. The van der Waals surface area contributed by atoms with Gasteiger partial charge in [0, 0.05) is 23.7 Å². The first-order valence-corrected chi connectivity index (χ1v) is 7.18. The van der Waals surface area contributed by atoms with Crippen LogP contribution in [-0.4, -0.2) is 40.8 Å². The molecule has 1 aromatic carbocycles. The molecule has 0 aliphatic carbocycles. The Morgan fingerprint density at radius 3 is 2.52 bits per heavy atom. The molecule has 0 saturated heterocycles. The summed E-state index contributed by atoms with van der Waals surface area (Å²) in [6, 6.07) is 4.91. The maximum Gasteiger partial charge on any atom is 0.234 e. The Morgan fingerprint density at radius 1 is 1.33 bits per heavy atom. The average molecular weight is 292 g/mol. The second kappa shape index (κ2) is 7.78. The van der Waals surface area contributed by atoms with Crippen molar-refractivity contribution in [2.45, 2.75) is 40.3 Å². The second-order valence-electron chi connectivity index (χ2n) is 5.43. The maximum absolute atomic E-state index is 11.8. The monoisotopic (exact) mass is 292 g/mol. The van der Waals surface area contributed by atoms with Crippen LogP contribution in [0.25, 0.3) is 0 Å². The molecule has 21 heavy (non-hydrogen) atoms. The van der Waals surface area contributed by atoms with E-state index in [2.05, 4.69) is 5.32 Å². The van der Waals surface area contributed by atoms with Gasteiger partial charge in [0.15, 0.2) is 5.78 Å². The summed E-state index contributed by atoms with van der Waals surface area (Å²) in [6.45, 7) is 8.63. The Morgan fingerprint density at radius 2 is 2.00 bits per heavy atom. The van der Waals surface area contributed by atoms with Gasteiger partial charge in [-0.25, -0.2) is 0 Å². The third kappa shape index (κ3) is 5.55. The number of ketones is 1. The van der Waals surface area contributed by atoms with E-state index in [-0.39, 0.29) is 30.0 Å². The third-order valence-corrected chi connectivity index (χ3v) is 3.14. The minimum absolute atomic E-state index is 0.0446.